The molecule has 56 heavy (non-hydrogen) atoms. The van der Waals surface area contributed by atoms with E-state index in [2.05, 4.69) is 40.5 Å². The monoisotopic (exact) mass is 780 g/mol. The van der Waals surface area contributed by atoms with Gasteiger partial charge in [0.15, 0.2) is 0 Å². The summed E-state index contributed by atoms with van der Waals surface area (Å²) >= 11 is 0. The van der Waals surface area contributed by atoms with Crippen molar-refractivity contribution in [3.63, 3.8) is 0 Å². The number of anilines is 2. The first kappa shape index (κ1) is 40.0. The summed E-state index contributed by atoms with van der Waals surface area (Å²) in [6, 6.07) is 10.1. The number of hydrogen-bond acceptors (Lipinski definition) is 9. The van der Waals surface area contributed by atoms with Crippen LogP contribution in [-0.2, 0) is 9.53 Å². The van der Waals surface area contributed by atoms with Gasteiger partial charge in [0.05, 0.1) is 36.3 Å². The van der Waals surface area contributed by atoms with Gasteiger partial charge in [0, 0.05) is 50.0 Å². The number of hydrogen-bond donors (Lipinski definition) is 4. The molecule has 6 rings (SSSR count). The lowest BCUT2D eigenvalue weighted by Crippen LogP contribution is -2.51. The van der Waals surface area contributed by atoms with Crippen LogP contribution < -0.4 is 25.6 Å². The van der Waals surface area contributed by atoms with Crippen LogP contribution in [0, 0.1) is 17.7 Å². The Hall–Kier alpha value is -5.71. The van der Waals surface area contributed by atoms with Gasteiger partial charge in [-0.15, -0.1) is 13.2 Å². The van der Waals surface area contributed by atoms with Crippen LogP contribution in [0.25, 0.3) is 22.4 Å². The van der Waals surface area contributed by atoms with Gasteiger partial charge in [-0.05, 0) is 54.5 Å². The van der Waals surface area contributed by atoms with E-state index in [1.807, 2.05) is 27.7 Å². The quantitative estimate of drug-likeness (QED) is 0.132. The first-order valence-corrected chi connectivity index (χ1v) is 18.3. The Morgan fingerprint density at radius 1 is 1.00 bits per heavy atom. The largest absolute Gasteiger partial charge is 0.573 e. The van der Waals surface area contributed by atoms with E-state index in [1.165, 1.54) is 31.5 Å². The Labute approximate surface area is 321 Å². The maximum Gasteiger partial charge on any atom is 0.573 e. The van der Waals surface area contributed by atoms with Crippen molar-refractivity contribution in [2.75, 3.05) is 43.5 Å². The molecule has 2 aromatic heterocycles. The minimum atomic E-state index is -5.11. The zero-order chi connectivity index (χ0) is 40.3. The molecule has 2 fully saturated rings. The molecule has 298 valence electrons. The van der Waals surface area contributed by atoms with Gasteiger partial charge < -0.3 is 40.2 Å². The number of aromatic amines is 1. The number of ether oxygens (including phenoxy) is 2. The highest BCUT2D eigenvalue weighted by Gasteiger charge is 2.40. The third-order valence-corrected chi connectivity index (χ3v) is 9.95. The van der Waals surface area contributed by atoms with Gasteiger partial charge in [-0.2, -0.15) is 0 Å². The lowest BCUT2D eigenvalue weighted by atomic mass is 10.0. The number of aromatic nitrogens is 3. The molecule has 2 saturated heterocycles. The van der Waals surface area contributed by atoms with E-state index in [0.717, 1.165) is 31.8 Å². The number of nitrogens with one attached hydrogen (secondary N) is 4. The molecule has 2 aliphatic rings. The molecule has 3 amide bonds. The Bertz CT molecular complexity index is 2040. The van der Waals surface area contributed by atoms with Gasteiger partial charge in [-0.3, -0.25) is 9.59 Å². The number of benzene rings is 2. The normalized spacial score (nSPS) is 19.1. The average molecular weight is 781 g/mol. The number of halogens is 4. The topological polar surface area (TPSA) is 154 Å². The van der Waals surface area contributed by atoms with Crippen molar-refractivity contribution in [2.45, 2.75) is 58.6 Å². The average Bonchev–Trinajstić information content (AvgIpc) is 3.81. The highest BCUT2D eigenvalue weighted by atomic mass is 19.4. The molecule has 0 saturated carbocycles. The predicted molar refractivity (Wildman–Crippen MR) is 200 cm³/mol. The van der Waals surface area contributed by atoms with Crippen LogP contribution in [0.4, 0.5) is 33.9 Å². The first-order chi connectivity index (χ1) is 26.6. The number of imidazole rings is 1. The molecule has 0 radical (unpaired) electrons. The van der Waals surface area contributed by atoms with Crippen molar-refractivity contribution in [2.24, 2.45) is 11.8 Å². The molecule has 17 heteroatoms. The van der Waals surface area contributed by atoms with E-state index in [-0.39, 0.29) is 40.5 Å². The zero-order valence-electron chi connectivity index (χ0n) is 31.5. The van der Waals surface area contributed by atoms with Crippen molar-refractivity contribution in [1.29, 1.82) is 0 Å². The lowest BCUT2D eigenvalue weighted by Gasteiger charge is -2.34. The fourth-order valence-electron chi connectivity index (χ4n) is 7.06. The molecule has 0 bridgehead atoms. The summed E-state index contributed by atoms with van der Waals surface area (Å²) in [4.78, 5) is 54.6. The van der Waals surface area contributed by atoms with Crippen molar-refractivity contribution < 1.29 is 41.4 Å². The fraction of sp³-hybridized carbons (Fsp3) is 0.410. The van der Waals surface area contributed by atoms with Crippen molar-refractivity contribution in [1.82, 2.24) is 30.5 Å². The molecule has 1 unspecified atom stereocenters. The Morgan fingerprint density at radius 3 is 2.38 bits per heavy atom. The molecule has 2 aliphatic heterocycles. The highest BCUT2D eigenvalue weighted by molar-refractivity contribution is 6.04. The molecule has 0 aliphatic carbocycles. The van der Waals surface area contributed by atoms with Gasteiger partial charge in [0.2, 0.25) is 5.91 Å². The number of carbonyl (C=O) groups is 3. The zero-order valence-corrected chi connectivity index (χ0v) is 31.5. The van der Waals surface area contributed by atoms with Gasteiger partial charge in [-0.1, -0.05) is 45.0 Å². The third kappa shape index (κ3) is 9.04. The number of piperazine rings is 1. The van der Waals surface area contributed by atoms with E-state index >= 15 is 4.39 Å². The van der Waals surface area contributed by atoms with Crippen LogP contribution in [-0.4, -0.2) is 89.5 Å². The Balaban J connectivity index is 1.20. The smallest absolute Gasteiger partial charge is 0.453 e. The van der Waals surface area contributed by atoms with Crippen LogP contribution in [0.15, 0.2) is 60.9 Å². The summed E-state index contributed by atoms with van der Waals surface area (Å²) in [6.45, 7) is 10.5. The highest BCUT2D eigenvalue weighted by Crippen LogP contribution is 2.39. The molecule has 2 aromatic carbocycles. The molecule has 0 spiro atoms. The molecule has 13 nitrogen and oxygen atoms in total. The van der Waals surface area contributed by atoms with Crippen molar-refractivity contribution >= 4 is 29.4 Å². The lowest BCUT2D eigenvalue weighted by molar-refractivity contribution is -0.274. The summed E-state index contributed by atoms with van der Waals surface area (Å²) in [7, 11) is 1.23. The van der Waals surface area contributed by atoms with Crippen LogP contribution in [0.1, 0.15) is 56.3 Å². The Morgan fingerprint density at radius 2 is 1.73 bits per heavy atom. The van der Waals surface area contributed by atoms with Gasteiger partial charge in [0.1, 0.15) is 29.3 Å². The number of H-pyrrole nitrogens is 1. The Kier molecular flexibility index (Phi) is 11.8. The van der Waals surface area contributed by atoms with Crippen LogP contribution in [0.3, 0.4) is 0 Å². The minimum absolute atomic E-state index is 0.0907. The van der Waals surface area contributed by atoms with Gasteiger partial charge in [0.25, 0.3) is 5.91 Å². The maximum atomic E-state index is 15.5. The van der Waals surface area contributed by atoms with Crippen molar-refractivity contribution in [3.05, 3.63) is 78.1 Å². The first-order valence-electron chi connectivity index (χ1n) is 18.3. The standard InChI is InChI=1S/C39H44F4N8O5/c1-21(2)34(49-38(54)55-5)37(53)51-20-22(3)14-31(51)35-46-19-30(47-35)25-8-6-24(7-9-25)27-15-28(40)29(16-32(27)56-39(41,42)43)48-36(52)26-10-11-33(45-18-26)50-13-12-44-17-23(50)4/h6-11,15-16,18-19,21-23,31,34,44H,12-14,17,20H2,1-5H3,(H,46,47)(H,48,52)(H,49,54)/t22-,23?,31-,34-/m0/s1. The number of alkyl carbamates (subject to hydrolysis) is 1. The van der Waals surface area contributed by atoms with E-state index in [4.69, 9.17) is 4.74 Å². The molecular formula is C39H44F4N8O5. The van der Waals surface area contributed by atoms with E-state index in [9.17, 15) is 27.6 Å². The second-order valence-electron chi connectivity index (χ2n) is 14.4. The summed E-state index contributed by atoms with van der Waals surface area (Å²) in [5.74, 6) is -1.56. The van der Waals surface area contributed by atoms with Crippen LogP contribution in [0.2, 0.25) is 0 Å². The van der Waals surface area contributed by atoms with Crippen LogP contribution in [0.5, 0.6) is 5.75 Å². The number of alkyl halides is 3. The number of nitrogens with zero attached hydrogens (tertiary/aromatic N) is 4. The number of carbonyl (C=O) groups excluding carboxylic acids is 3. The number of methoxy groups -OCH3 is 1. The van der Waals surface area contributed by atoms with Crippen LogP contribution >= 0.6 is 0 Å². The van der Waals surface area contributed by atoms with E-state index < -0.39 is 47.7 Å². The number of pyridine rings is 1. The molecule has 4 heterocycles. The van der Waals surface area contributed by atoms with Crippen molar-refractivity contribution in [3.8, 4) is 28.1 Å². The number of likely N-dealkylation sites (tertiary alicyclic amines) is 1. The SMILES string of the molecule is COC(=O)N[C@H](C(=O)N1C[C@@H](C)C[C@H]1c1ncc(-c2ccc(-c3cc(F)c(NC(=O)c4ccc(N5CCNCC5C)nc4)cc3OC(F)(F)F)cc2)[nH]1)C(C)C. The number of amides is 3. The molecular weight excluding hydrogens is 736 g/mol. The third-order valence-electron chi connectivity index (χ3n) is 9.95. The molecule has 4 aromatic rings. The van der Waals surface area contributed by atoms with Gasteiger partial charge >= 0.3 is 12.5 Å². The molecule has 4 N–H and O–H groups in total. The van der Waals surface area contributed by atoms with E-state index in [0.29, 0.717) is 35.9 Å². The predicted octanol–water partition coefficient (Wildman–Crippen LogP) is 6.52. The summed E-state index contributed by atoms with van der Waals surface area (Å²) in [5.41, 5.74) is 0.804. The summed E-state index contributed by atoms with van der Waals surface area (Å²) in [5, 5.41) is 8.26. The van der Waals surface area contributed by atoms with E-state index in [1.54, 1.807) is 29.3 Å². The second kappa shape index (κ2) is 16.6. The summed E-state index contributed by atoms with van der Waals surface area (Å²) in [6.07, 6.45) is -2.27. The second-order valence-corrected chi connectivity index (χ2v) is 14.4. The molecule has 4 atom stereocenters. The minimum Gasteiger partial charge on any atom is -0.453 e. The fourth-order valence-corrected chi connectivity index (χ4v) is 7.06. The maximum absolute atomic E-state index is 15.5. The summed E-state index contributed by atoms with van der Waals surface area (Å²) < 4.78 is 65.4. The number of rotatable bonds is 10. The van der Waals surface area contributed by atoms with Gasteiger partial charge in [-0.25, -0.2) is 19.2 Å².